The van der Waals surface area contributed by atoms with Crippen molar-refractivity contribution in [3.8, 4) is 0 Å². The molecule has 0 amide bonds. The fourth-order valence-electron chi connectivity index (χ4n) is 2.86. The van der Waals surface area contributed by atoms with Crippen molar-refractivity contribution in [1.82, 2.24) is 0 Å². The van der Waals surface area contributed by atoms with Gasteiger partial charge in [-0.25, -0.2) is 4.79 Å². The van der Waals surface area contributed by atoms with Crippen LogP contribution in [0.15, 0.2) is 57.7 Å². The van der Waals surface area contributed by atoms with Gasteiger partial charge in [0.15, 0.2) is 0 Å². The molecule has 0 saturated heterocycles. The van der Waals surface area contributed by atoms with Crippen LogP contribution in [0, 0.1) is 13.8 Å². The maximum atomic E-state index is 11.8. The number of aryl methyl sites for hydroxylation is 2. The third-order valence-electron chi connectivity index (χ3n) is 4.38. The highest BCUT2D eigenvalue weighted by atomic mass is 16.4. The molecule has 0 aliphatic carbocycles. The van der Waals surface area contributed by atoms with Crippen molar-refractivity contribution in [2.45, 2.75) is 26.5 Å². The smallest absolute Gasteiger partial charge is 0.336 e. The molecular weight excluding hydrogens is 302 g/mol. The largest absolute Gasteiger partial charge is 0.423 e. The molecule has 1 aromatic heterocycles. The second-order valence-electron chi connectivity index (χ2n) is 6.18. The Bertz CT molecular complexity index is 900. The van der Waals surface area contributed by atoms with Gasteiger partial charge in [-0.1, -0.05) is 30.3 Å². The maximum absolute atomic E-state index is 11.8. The second kappa shape index (κ2) is 6.99. The van der Waals surface area contributed by atoms with Crippen molar-refractivity contribution in [1.29, 1.82) is 0 Å². The molecule has 0 radical (unpaired) electrons. The lowest BCUT2D eigenvalue weighted by Crippen LogP contribution is -2.83. The van der Waals surface area contributed by atoms with Crippen LogP contribution >= 0.6 is 0 Å². The first-order valence-corrected chi connectivity index (χ1v) is 8.13. The van der Waals surface area contributed by atoms with Crippen molar-refractivity contribution < 1.29 is 14.8 Å². The summed E-state index contributed by atoms with van der Waals surface area (Å²) in [5, 5.41) is 13.2. The molecule has 3 N–H and O–H groups in total. The second-order valence-corrected chi connectivity index (χ2v) is 6.18. The zero-order valence-corrected chi connectivity index (χ0v) is 14.0. The van der Waals surface area contributed by atoms with Crippen LogP contribution in [0.4, 0.5) is 0 Å². The average Bonchev–Trinajstić information content (AvgIpc) is 2.57. The molecule has 4 heteroatoms. The van der Waals surface area contributed by atoms with Crippen LogP contribution in [0.2, 0.25) is 0 Å². The number of fused-ring (bicyclic) bond motifs is 1. The fraction of sp³-hybridized carbons (Fsp3) is 0.250. The molecular formula is C20H22NO3+. The number of nitrogens with two attached hydrogens (primary N) is 1. The zero-order valence-electron chi connectivity index (χ0n) is 14.0. The summed E-state index contributed by atoms with van der Waals surface area (Å²) in [4.78, 5) is 11.8. The Kier molecular flexibility index (Phi) is 4.79. The van der Waals surface area contributed by atoms with E-state index in [1.807, 2.05) is 55.6 Å². The summed E-state index contributed by atoms with van der Waals surface area (Å²) in [6.07, 6.45) is -0.526. The summed E-state index contributed by atoms with van der Waals surface area (Å²) in [5.41, 5.74) is 4.39. The van der Waals surface area contributed by atoms with Gasteiger partial charge in [-0.05, 0) is 42.7 Å². The van der Waals surface area contributed by atoms with Crippen LogP contribution in [0.25, 0.3) is 11.0 Å². The number of rotatable bonds is 5. The van der Waals surface area contributed by atoms with Gasteiger partial charge in [-0.2, -0.15) is 0 Å². The molecule has 3 rings (SSSR count). The first-order chi connectivity index (χ1) is 11.5. The molecule has 1 heterocycles. The fourth-order valence-corrected chi connectivity index (χ4v) is 2.86. The van der Waals surface area contributed by atoms with Gasteiger partial charge in [0.05, 0.1) is 0 Å². The topological polar surface area (TPSA) is 67.0 Å². The van der Waals surface area contributed by atoms with Gasteiger partial charge in [0.25, 0.3) is 0 Å². The lowest BCUT2D eigenvalue weighted by atomic mass is 10.0. The Balaban J connectivity index is 1.78. The Morgan fingerprint density at radius 2 is 1.79 bits per heavy atom. The minimum atomic E-state index is -0.526. The molecule has 124 valence electrons. The first-order valence-electron chi connectivity index (χ1n) is 8.13. The van der Waals surface area contributed by atoms with Crippen LogP contribution in [0.3, 0.4) is 0 Å². The quantitative estimate of drug-likeness (QED) is 0.707. The molecule has 0 aliphatic rings. The minimum absolute atomic E-state index is 0.335. The lowest BCUT2D eigenvalue weighted by Gasteiger charge is -2.11. The van der Waals surface area contributed by atoms with E-state index in [2.05, 4.69) is 6.07 Å². The van der Waals surface area contributed by atoms with E-state index in [1.54, 1.807) is 6.07 Å². The van der Waals surface area contributed by atoms with Gasteiger partial charge in [-0.15, -0.1) is 0 Å². The van der Waals surface area contributed by atoms with E-state index >= 15 is 0 Å². The molecule has 2 aromatic carbocycles. The van der Waals surface area contributed by atoms with Gasteiger partial charge in [0.1, 0.15) is 24.8 Å². The molecule has 24 heavy (non-hydrogen) atoms. The van der Waals surface area contributed by atoms with E-state index in [0.717, 1.165) is 22.1 Å². The highest BCUT2D eigenvalue weighted by Gasteiger charge is 2.12. The van der Waals surface area contributed by atoms with Gasteiger partial charge >= 0.3 is 5.63 Å². The van der Waals surface area contributed by atoms with Crippen molar-refractivity contribution in [2.24, 2.45) is 0 Å². The van der Waals surface area contributed by atoms with Crippen LogP contribution in [-0.2, 0) is 6.54 Å². The first kappa shape index (κ1) is 16.4. The van der Waals surface area contributed by atoms with Crippen LogP contribution < -0.4 is 10.9 Å². The average molecular weight is 324 g/mol. The molecule has 0 saturated carbocycles. The summed E-state index contributed by atoms with van der Waals surface area (Å²) in [5.74, 6) is 0. The highest BCUT2D eigenvalue weighted by molar-refractivity contribution is 5.81. The number of aliphatic hydroxyl groups excluding tert-OH is 1. The number of hydrogen-bond acceptors (Lipinski definition) is 3. The lowest BCUT2D eigenvalue weighted by molar-refractivity contribution is -0.677. The predicted octanol–water partition coefficient (Wildman–Crippen LogP) is 2.21. The zero-order chi connectivity index (χ0) is 17.1. The van der Waals surface area contributed by atoms with Crippen molar-refractivity contribution in [2.75, 3.05) is 6.54 Å². The standard InChI is InChI=1S/C20H21NO3/c1-13-8-17-16(10-20(23)24-19(17)9-14(13)2)11-21-12-18(22)15-6-4-3-5-7-15/h3-10,18,21-22H,11-12H2,1-2H3/p+1/t18-/m1/s1. The van der Waals surface area contributed by atoms with Crippen LogP contribution in [-0.4, -0.2) is 11.7 Å². The van der Waals surface area contributed by atoms with E-state index in [0.29, 0.717) is 18.7 Å². The van der Waals surface area contributed by atoms with Gasteiger partial charge in [0, 0.05) is 17.0 Å². The Hall–Kier alpha value is -2.43. The molecule has 0 fully saturated rings. The molecule has 3 aromatic rings. The van der Waals surface area contributed by atoms with Crippen LogP contribution in [0.1, 0.15) is 28.4 Å². The monoisotopic (exact) mass is 324 g/mol. The molecule has 1 atom stereocenters. The Morgan fingerprint density at radius 1 is 1.08 bits per heavy atom. The van der Waals surface area contributed by atoms with Crippen molar-refractivity contribution in [3.05, 3.63) is 81.2 Å². The molecule has 0 bridgehead atoms. The number of benzene rings is 2. The van der Waals surface area contributed by atoms with Crippen molar-refractivity contribution >= 4 is 11.0 Å². The third-order valence-corrected chi connectivity index (χ3v) is 4.38. The molecule has 0 unspecified atom stereocenters. The van der Waals surface area contributed by atoms with Gasteiger partial charge in [0.2, 0.25) is 0 Å². The summed E-state index contributed by atoms with van der Waals surface area (Å²) in [6, 6.07) is 15.1. The van der Waals surface area contributed by atoms with Gasteiger partial charge in [-0.3, -0.25) is 0 Å². The summed E-state index contributed by atoms with van der Waals surface area (Å²) < 4.78 is 5.32. The molecule has 4 nitrogen and oxygen atoms in total. The van der Waals surface area contributed by atoms with Crippen molar-refractivity contribution in [3.63, 3.8) is 0 Å². The molecule has 0 aliphatic heterocycles. The Morgan fingerprint density at radius 3 is 2.54 bits per heavy atom. The van der Waals surface area contributed by atoms with Crippen LogP contribution in [0.5, 0.6) is 0 Å². The Labute approximate surface area is 140 Å². The number of aliphatic hydroxyl groups is 1. The van der Waals surface area contributed by atoms with Gasteiger partial charge < -0.3 is 14.8 Å². The van der Waals surface area contributed by atoms with E-state index in [4.69, 9.17) is 4.42 Å². The minimum Gasteiger partial charge on any atom is -0.423 e. The summed E-state index contributed by atoms with van der Waals surface area (Å²) >= 11 is 0. The van der Waals surface area contributed by atoms with E-state index in [9.17, 15) is 9.90 Å². The summed E-state index contributed by atoms with van der Waals surface area (Å²) in [7, 11) is 0. The number of quaternary nitrogens is 1. The summed E-state index contributed by atoms with van der Waals surface area (Å²) in [6.45, 7) is 5.21. The molecule has 0 spiro atoms. The number of hydrogen-bond donors (Lipinski definition) is 2. The third kappa shape index (κ3) is 3.55. The van der Waals surface area contributed by atoms with E-state index in [-0.39, 0.29) is 5.63 Å². The van der Waals surface area contributed by atoms with E-state index in [1.165, 1.54) is 5.56 Å². The predicted molar refractivity (Wildman–Crippen MR) is 93.9 cm³/mol. The normalized spacial score (nSPS) is 12.5. The SMILES string of the molecule is Cc1cc2oc(=O)cc(C[NH2+]C[C@@H](O)c3ccccc3)c2cc1C. The highest BCUT2D eigenvalue weighted by Crippen LogP contribution is 2.21. The maximum Gasteiger partial charge on any atom is 0.336 e. The van der Waals surface area contributed by atoms with E-state index < -0.39 is 6.10 Å².